The molecule has 8 heteroatoms. The van der Waals surface area contributed by atoms with Gasteiger partial charge in [-0.05, 0) is 7.05 Å². The third-order valence-electron chi connectivity index (χ3n) is 3.43. The molecule has 1 amide bonds. The summed E-state index contributed by atoms with van der Waals surface area (Å²) in [6.45, 7) is 3.59. The van der Waals surface area contributed by atoms with Crippen LogP contribution in [0.25, 0.3) is 0 Å². The van der Waals surface area contributed by atoms with E-state index in [-0.39, 0.29) is 24.0 Å². The zero-order chi connectivity index (χ0) is 14.5. The van der Waals surface area contributed by atoms with Crippen LogP contribution in [0.5, 0.6) is 0 Å². The Bertz CT molecular complexity index is 399. The van der Waals surface area contributed by atoms with Gasteiger partial charge in [0.1, 0.15) is 0 Å². The summed E-state index contributed by atoms with van der Waals surface area (Å²) in [5, 5.41) is 0. The summed E-state index contributed by atoms with van der Waals surface area (Å²) in [6.07, 6.45) is -0.106. The van der Waals surface area contributed by atoms with Crippen molar-refractivity contribution in [2.24, 2.45) is 11.5 Å². The number of nitrogens with zero attached hydrogens (tertiary/aromatic N) is 2. The molecule has 0 radical (unpaired) electrons. The van der Waals surface area contributed by atoms with Crippen LogP contribution >= 0.6 is 0 Å². The standard InChI is InChI=1S/C11H24N4O3S/c1-14-3-4-15(10(8-12)9-14)5-7-19(17,18)6-2-11(13)16/h10H,2-9,12H2,1H3,(H2,13,16). The van der Waals surface area contributed by atoms with Gasteiger partial charge in [0.05, 0.1) is 11.5 Å². The maximum atomic E-state index is 11.8. The monoisotopic (exact) mass is 292 g/mol. The molecule has 1 aliphatic heterocycles. The fourth-order valence-electron chi connectivity index (χ4n) is 2.18. The van der Waals surface area contributed by atoms with E-state index >= 15 is 0 Å². The zero-order valence-corrected chi connectivity index (χ0v) is 12.2. The summed E-state index contributed by atoms with van der Waals surface area (Å²) >= 11 is 0. The van der Waals surface area contributed by atoms with Crippen LogP contribution in [0.1, 0.15) is 6.42 Å². The minimum atomic E-state index is -3.22. The van der Waals surface area contributed by atoms with Gasteiger partial charge in [0.15, 0.2) is 9.84 Å². The largest absolute Gasteiger partial charge is 0.370 e. The Labute approximate surface area is 114 Å². The summed E-state index contributed by atoms with van der Waals surface area (Å²) in [4.78, 5) is 14.9. The van der Waals surface area contributed by atoms with Gasteiger partial charge in [0, 0.05) is 45.2 Å². The molecule has 0 aromatic carbocycles. The lowest BCUT2D eigenvalue weighted by molar-refractivity contribution is -0.117. The number of hydrogen-bond donors (Lipinski definition) is 2. The number of hydrogen-bond acceptors (Lipinski definition) is 6. The highest BCUT2D eigenvalue weighted by atomic mass is 32.2. The summed E-state index contributed by atoms with van der Waals surface area (Å²) in [5.74, 6) is -0.688. The van der Waals surface area contributed by atoms with Crippen molar-refractivity contribution in [2.45, 2.75) is 12.5 Å². The maximum Gasteiger partial charge on any atom is 0.218 e. The Morgan fingerprint density at radius 2 is 2.00 bits per heavy atom. The molecule has 19 heavy (non-hydrogen) atoms. The van der Waals surface area contributed by atoms with Gasteiger partial charge in [-0.1, -0.05) is 0 Å². The molecule has 1 rings (SSSR count). The van der Waals surface area contributed by atoms with E-state index in [9.17, 15) is 13.2 Å². The molecule has 1 saturated heterocycles. The van der Waals surface area contributed by atoms with Crippen LogP contribution in [0.15, 0.2) is 0 Å². The van der Waals surface area contributed by atoms with Crippen molar-refractivity contribution in [1.29, 1.82) is 0 Å². The molecule has 4 N–H and O–H groups in total. The third kappa shape index (κ3) is 5.85. The Kier molecular flexibility index (Phi) is 6.18. The second kappa shape index (κ2) is 7.18. The molecule has 1 fully saturated rings. The maximum absolute atomic E-state index is 11.8. The van der Waals surface area contributed by atoms with Gasteiger partial charge in [-0.3, -0.25) is 9.69 Å². The number of sulfone groups is 1. The molecular weight excluding hydrogens is 268 g/mol. The fraction of sp³-hybridized carbons (Fsp3) is 0.909. The Morgan fingerprint density at radius 1 is 1.32 bits per heavy atom. The van der Waals surface area contributed by atoms with Crippen LogP contribution < -0.4 is 11.5 Å². The van der Waals surface area contributed by atoms with Crippen molar-refractivity contribution < 1.29 is 13.2 Å². The summed E-state index contributed by atoms with van der Waals surface area (Å²) < 4.78 is 23.5. The third-order valence-corrected chi connectivity index (χ3v) is 5.06. The molecule has 1 atom stereocenters. The average Bonchev–Trinajstić information content (AvgIpc) is 2.35. The number of rotatable bonds is 7. The van der Waals surface area contributed by atoms with Crippen molar-refractivity contribution in [1.82, 2.24) is 9.80 Å². The molecule has 0 aromatic rings. The van der Waals surface area contributed by atoms with E-state index in [4.69, 9.17) is 11.5 Å². The molecule has 112 valence electrons. The number of likely N-dealkylation sites (N-methyl/N-ethyl adjacent to an activating group) is 1. The molecule has 7 nitrogen and oxygen atoms in total. The van der Waals surface area contributed by atoms with Gasteiger partial charge in [-0.2, -0.15) is 0 Å². The lowest BCUT2D eigenvalue weighted by Gasteiger charge is -2.39. The van der Waals surface area contributed by atoms with Gasteiger partial charge >= 0.3 is 0 Å². The van der Waals surface area contributed by atoms with Gasteiger partial charge in [-0.15, -0.1) is 0 Å². The van der Waals surface area contributed by atoms with Crippen LogP contribution in [0, 0.1) is 0 Å². The molecule has 0 bridgehead atoms. The second-order valence-corrected chi connectivity index (χ2v) is 7.36. The van der Waals surface area contributed by atoms with Crippen LogP contribution in [0.3, 0.4) is 0 Å². The Balaban J connectivity index is 2.44. The van der Waals surface area contributed by atoms with Gasteiger partial charge in [-0.25, -0.2) is 8.42 Å². The quantitative estimate of drug-likeness (QED) is 0.554. The SMILES string of the molecule is CN1CCN(CCS(=O)(=O)CCC(N)=O)C(CN)C1. The summed E-state index contributed by atoms with van der Waals surface area (Å²) in [6, 6.07) is 0.199. The summed E-state index contributed by atoms with van der Waals surface area (Å²) in [5.41, 5.74) is 10.7. The van der Waals surface area contributed by atoms with E-state index in [2.05, 4.69) is 9.80 Å². The Morgan fingerprint density at radius 3 is 2.58 bits per heavy atom. The van der Waals surface area contributed by atoms with Crippen LogP contribution in [-0.4, -0.2) is 81.4 Å². The first-order chi connectivity index (χ1) is 8.84. The smallest absolute Gasteiger partial charge is 0.218 e. The van der Waals surface area contributed by atoms with E-state index in [1.807, 2.05) is 7.05 Å². The number of primary amides is 1. The molecule has 0 spiro atoms. The van der Waals surface area contributed by atoms with Gasteiger partial charge < -0.3 is 16.4 Å². The molecule has 0 aliphatic carbocycles. The van der Waals surface area contributed by atoms with E-state index < -0.39 is 15.7 Å². The lowest BCUT2D eigenvalue weighted by Crippen LogP contribution is -2.55. The predicted octanol–water partition coefficient (Wildman–Crippen LogP) is -2.15. The first-order valence-electron chi connectivity index (χ1n) is 6.45. The minimum Gasteiger partial charge on any atom is -0.370 e. The number of nitrogens with two attached hydrogens (primary N) is 2. The molecule has 1 aliphatic rings. The number of carbonyl (C=O) groups excluding carboxylic acids is 1. The number of piperazine rings is 1. The highest BCUT2D eigenvalue weighted by Gasteiger charge is 2.25. The van der Waals surface area contributed by atoms with Crippen molar-refractivity contribution in [3.63, 3.8) is 0 Å². The topological polar surface area (TPSA) is 110 Å². The molecule has 0 aromatic heterocycles. The normalized spacial score (nSPS) is 22.5. The first-order valence-corrected chi connectivity index (χ1v) is 8.27. The second-order valence-electron chi connectivity index (χ2n) is 5.06. The van der Waals surface area contributed by atoms with Crippen LogP contribution in [0.4, 0.5) is 0 Å². The van der Waals surface area contributed by atoms with Crippen LogP contribution in [0.2, 0.25) is 0 Å². The number of amides is 1. The lowest BCUT2D eigenvalue weighted by atomic mass is 10.2. The highest BCUT2D eigenvalue weighted by Crippen LogP contribution is 2.08. The molecular formula is C11H24N4O3S. The molecule has 0 saturated carbocycles. The molecule has 1 heterocycles. The van der Waals surface area contributed by atoms with E-state index in [1.54, 1.807) is 0 Å². The highest BCUT2D eigenvalue weighted by molar-refractivity contribution is 7.91. The average molecular weight is 292 g/mol. The van der Waals surface area contributed by atoms with Crippen LogP contribution in [-0.2, 0) is 14.6 Å². The molecule has 1 unspecified atom stereocenters. The fourth-order valence-corrected chi connectivity index (χ4v) is 3.41. The van der Waals surface area contributed by atoms with Crippen molar-refractivity contribution in [3.05, 3.63) is 0 Å². The van der Waals surface area contributed by atoms with Crippen molar-refractivity contribution >= 4 is 15.7 Å². The predicted molar refractivity (Wildman–Crippen MR) is 74.4 cm³/mol. The van der Waals surface area contributed by atoms with Crippen molar-refractivity contribution in [3.8, 4) is 0 Å². The first kappa shape index (κ1) is 16.4. The van der Waals surface area contributed by atoms with Gasteiger partial charge in [0.25, 0.3) is 0 Å². The van der Waals surface area contributed by atoms with Crippen molar-refractivity contribution in [2.75, 3.05) is 51.3 Å². The van der Waals surface area contributed by atoms with E-state index in [1.165, 1.54) is 0 Å². The minimum absolute atomic E-state index is 0.0560. The van der Waals surface area contributed by atoms with E-state index in [0.29, 0.717) is 13.1 Å². The Hall–Kier alpha value is -0.700. The summed E-state index contributed by atoms with van der Waals surface area (Å²) in [7, 11) is -1.19. The zero-order valence-electron chi connectivity index (χ0n) is 11.4. The number of carbonyl (C=O) groups is 1. The van der Waals surface area contributed by atoms with E-state index in [0.717, 1.165) is 19.6 Å². The van der Waals surface area contributed by atoms with Gasteiger partial charge in [0.2, 0.25) is 5.91 Å².